The fraction of sp³-hybridized carbons (Fsp3) is 0.107. The molecule has 2 aromatic carbocycles. The molecule has 10 heteroatoms. The molecule has 38 heavy (non-hydrogen) atoms. The van der Waals surface area contributed by atoms with E-state index in [1.165, 1.54) is 23.9 Å². The highest BCUT2D eigenvalue weighted by Gasteiger charge is 2.24. The maximum atomic E-state index is 12.6. The van der Waals surface area contributed by atoms with Crippen molar-refractivity contribution < 1.29 is 14.5 Å². The number of pyridine rings is 1. The zero-order valence-electron chi connectivity index (χ0n) is 20.8. The number of nitrogens with zero attached hydrogens (tertiary/aromatic N) is 4. The van der Waals surface area contributed by atoms with E-state index in [4.69, 9.17) is 4.74 Å². The van der Waals surface area contributed by atoms with Gasteiger partial charge in [-0.3, -0.25) is 14.9 Å². The molecule has 0 radical (unpaired) electrons. The van der Waals surface area contributed by atoms with Crippen LogP contribution in [0.3, 0.4) is 0 Å². The molecule has 1 saturated heterocycles. The monoisotopic (exact) mass is 525 g/mol. The third kappa shape index (κ3) is 5.35. The van der Waals surface area contributed by atoms with Crippen LogP contribution < -0.4 is 10.1 Å². The molecule has 0 unspecified atom stereocenters. The highest BCUT2D eigenvalue weighted by atomic mass is 32.2. The van der Waals surface area contributed by atoms with E-state index < -0.39 is 4.92 Å². The van der Waals surface area contributed by atoms with Crippen LogP contribution in [-0.4, -0.2) is 25.5 Å². The Morgan fingerprint density at radius 1 is 1.05 bits per heavy atom. The molecular formula is C28H23N5O4S. The molecule has 1 aliphatic heterocycles. The predicted octanol–water partition coefficient (Wildman–Crippen LogP) is 6.39. The summed E-state index contributed by atoms with van der Waals surface area (Å²) in [5.74, 6) is 0.648. The molecule has 5 rings (SSSR count). The van der Waals surface area contributed by atoms with Gasteiger partial charge in [0.1, 0.15) is 11.9 Å². The first-order chi connectivity index (χ1) is 18.3. The second-order valence-electron chi connectivity index (χ2n) is 8.69. The van der Waals surface area contributed by atoms with Crippen molar-refractivity contribution in [3.05, 3.63) is 110 Å². The van der Waals surface area contributed by atoms with Crippen LogP contribution in [0, 0.1) is 30.9 Å². The summed E-state index contributed by atoms with van der Waals surface area (Å²) in [4.78, 5) is 32.0. The Labute approximate surface area is 223 Å². The Morgan fingerprint density at radius 2 is 1.79 bits per heavy atom. The number of amidine groups is 1. The van der Waals surface area contributed by atoms with Crippen LogP contribution >= 0.6 is 11.8 Å². The second kappa shape index (κ2) is 10.3. The van der Waals surface area contributed by atoms with Gasteiger partial charge in [-0.05, 0) is 86.6 Å². The summed E-state index contributed by atoms with van der Waals surface area (Å²) >= 11 is 1.32. The number of benzene rings is 2. The van der Waals surface area contributed by atoms with E-state index in [0.29, 0.717) is 15.8 Å². The Morgan fingerprint density at radius 3 is 2.45 bits per heavy atom. The molecular weight excluding hydrogens is 502 g/mol. The lowest BCUT2D eigenvalue weighted by Gasteiger charge is -2.11. The van der Waals surface area contributed by atoms with Crippen LogP contribution in [0.15, 0.2) is 82.8 Å². The number of hydrogen-bond donors (Lipinski definition) is 1. The number of carbonyl (C=O) groups excluding carboxylic acids is 1. The van der Waals surface area contributed by atoms with Crippen LogP contribution in [0.2, 0.25) is 0 Å². The average molecular weight is 526 g/mol. The third-order valence-electron chi connectivity index (χ3n) is 5.92. The van der Waals surface area contributed by atoms with Crippen molar-refractivity contribution >= 4 is 40.3 Å². The minimum atomic E-state index is -0.507. The zero-order chi connectivity index (χ0) is 26.8. The minimum absolute atomic E-state index is 0.0970. The van der Waals surface area contributed by atoms with E-state index >= 15 is 0 Å². The van der Waals surface area contributed by atoms with Gasteiger partial charge in [0.05, 0.1) is 15.5 Å². The number of thioether (sulfide) groups is 1. The van der Waals surface area contributed by atoms with Crippen molar-refractivity contribution in [1.29, 1.82) is 0 Å². The van der Waals surface area contributed by atoms with Gasteiger partial charge in [-0.2, -0.15) is 0 Å². The molecule has 2 aromatic heterocycles. The van der Waals surface area contributed by atoms with Gasteiger partial charge in [0.25, 0.3) is 11.6 Å². The van der Waals surface area contributed by atoms with Crippen molar-refractivity contribution in [2.45, 2.75) is 20.8 Å². The van der Waals surface area contributed by atoms with E-state index in [1.54, 1.807) is 0 Å². The first-order valence-electron chi connectivity index (χ1n) is 11.7. The summed E-state index contributed by atoms with van der Waals surface area (Å²) in [5, 5.41) is 14.2. The molecule has 0 aliphatic carbocycles. The first kappa shape index (κ1) is 25.0. The maximum absolute atomic E-state index is 12.6. The number of carbonyl (C=O) groups is 1. The molecule has 1 amide bonds. The van der Waals surface area contributed by atoms with E-state index in [-0.39, 0.29) is 17.5 Å². The molecule has 3 heterocycles. The van der Waals surface area contributed by atoms with E-state index in [9.17, 15) is 14.9 Å². The van der Waals surface area contributed by atoms with Gasteiger partial charge >= 0.3 is 0 Å². The predicted molar refractivity (Wildman–Crippen MR) is 148 cm³/mol. The zero-order valence-corrected chi connectivity index (χ0v) is 21.7. The summed E-state index contributed by atoms with van der Waals surface area (Å²) < 4.78 is 7.81. The van der Waals surface area contributed by atoms with Gasteiger partial charge in [0.2, 0.25) is 5.88 Å². The average Bonchev–Trinajstić information content (AvgIpc) is 3.38. The van der Waals surface area contributed by atoms with Gasteiger partial charge in [-0.25, -0.2) is 9.98 Å². The number of aliphatic imine (C=N–C) groups is 1. The Bertz CT molecular complexity index is 1590. The summed E-state index contributed by atoms with van der Waals surface area (Å²) in [6.45, 7) is 6.03. The standard InChI is InChI=1S/C28H23N5O4S/c1-17-4-6-21(7-5-17)30-28-31-27(34)25(38-28)15-20-14-18(2)32(19(20)3)22-8-11-24(12-9-22)37-26-13-10-23(16-29-26)33(35)36/h4-16H,1-3H3,(H,30,31,34)/b25-15-. The number of aromatic nitrogens is 2. The second-order valence-corrected chi connectivity index (χ2v) is 9.72. The number of aryl methyl sites for hydroxylation is 2. The lowest BCUT2D eigenvalue weighted by molar-refractivity contribution is -0.385. The molecule has 0 bridgehead atoms. The molecule has 0 saturated carbocycles. The van der Waals surface area contributed by atoms with Crippen LogP contribution in [0.4, 0.5) is 11.4 Å². The number of amides is 1. The van der Waals surface area contributed by atoms with Crippen molar-refractivity contribution in [2.75, 3.05) is 0 Å². The van der Waals surface area contributed by atoms with Crippen molar-refractivity contribution in [1.82, 2.24) is 14.9 Å². The summed E-state index contributed by atoms with van der Waals surface area (Å²) in [6.07, 6.45) is 3.04. The molecule has 1 fully saturated rings. The SMILES string of the molecule is Cc1ccc(N=C2NC(=O)/C(=C/c3cc(C)n(-c4ccc(Oc5ccc([N+](=O)[O-])cn5)cc4)c3C)S2)cc1. The van der Waals surface area contributed by atoms with Gasteiger partial charge in [0.15, 0.2) is 5.17 Å². The number of hydrogen-bond acceptors (Lipinski definition) is 7. The van der Waals surface area contributed by atoms with E-state index in [2.05, 4.69) is 19.9 Å². The fourth-order valence-corrected chi connectivity index (χ4v) is 4.85. The quantitative estimate of drug-likeness (QED) is 0.177. The number of rotatable bonds is 6. The van der Waals surface area contributed by atoms with Crippen LogP contribution in [0.25, 0.3) is 11.8 Å². The topological polar surface area (TPSA) is 112 Å². The summed E-state index contributed by atoms with van der Waals surface area (Å²) in [5.41, 5.74) is 5.70. The van der Waals surface area contributed by atoms with Gasteiger partial charge in [0, 0.05) is 29.2 Å². The highest BCUT2D eigenvalue weighted by Crippen LogP contribution is 2.31. The number of nitrogens with one attached hydrogen (secondary N) is 1. The molecule has 0 atom stereocenters. The normalized spacial score (nSPS) is 15.2. The summed E-state index contributed by atoms with van der Waals surface area (Å²) in [7, 11) is 0. The Kier molecular flexibility index (Phi) is 6.80. The van der Waals surface area contributed by atoms with E-state index in [0.717, 1.165) is 40.1 Å². The molecule has 9 nitrogen and oxygen atoms in total. The lowest BCUT2D eigenvalue weighted by atomic mass is 10.2. The lowest BCUT2D eigenvalue weighted by Crippen LogP contribution is -2.19. The largest absolute Gasteiger partial charge is 0.439 e. The van der Waals surface area contributed by atoms with Crippen LogP contribution in [0.5, 0.6) is 11.6 Å². The van der Waals surface area contributed by atoms with Crippen molar-refractivity contribution in [2.24, 2.45) is 4.99 Å². The first-order valence-corrected chi connectivity index (χ1v) is 12.5. The molecule has 0 spiro atoms. The smallest absolute Gasteiger partial charge is 0.287 e. The maximum Gasteiger partial charge on any atom is 0.287 e. The Balaban J connectivity index is 1.33. The van der Waals surface area contributed by atoms with Gasteiger partial charge < -0.3 is 14.6 Å². The molecule has 190 valence electrons. The Hall–Kier alpha value is -4.70. The van der Waals surface area contributed by atoms with Crippen molar-refractivity contribution in [3.63, 3.8) is 0 Å². The third-order valence-corrected chi connectivity index (χ3v) is 6.83. The molecule has 4 aromatic rings. The fourth-order valence-electron chi connectivity index (χ4n) is 4.01. The van der Waals surface area contributed by atoms with Gasteiger partial charge in [-0.1, -0.05) is 17.7 Å². The van der Waals surface area contributed by atoms with Crippen LogP contribution in [0.1, 0.15) is 22.5 Å². The molecule has 1 N–H and O–H groups in total. The number of ether oxygens (including phenoxy) is 1. The number of nitro groups is 1. The summed E-state index contributed by atoms with van der Waals surface area (Å²) in [6, 6.07) is 20.1. The van der Waals surface area contributed by atoms with Crippen LogP contribution in [-0.2, 0) is 4.79 Å². The highest BCUT2D eigenvalue weighted by molar-refractivity contribution is 8.18. The van der Waals surface area contributed by atoms with Gasteiger partial charge in [-0.15, -0.1) is 0 Å². The minimum Gasteiger partial charge on any atom is -0.439 e. The van der Waals surface area contributed by atoms with Crippen molar-refractivity contribution in [3.8, 4) is 17.3 Å². The molecule has 1 aliphatic rings. The van der Waals surface area contributed by atoms with E-state index in [1.807, 2.05) is 81.4 Å².